The van der Waals surface area contributed by atoms with Crippen molar-refractivity contribution in [3.8, 4) is 0 Å². The van der Waals surface area contributed by atoms with E-state index in [1.54, 1.807) is 37.5 Å². The molecule has 0 unspecified atom stereocenters. The lowest BCUT2D eigenvalue weighted by atomic mass is 10.1. The Kier molecular flexibility index (Phi) is 4.02. The molecule has 0 bridgehead atoms. The van der Waals surface area contributed by atoms with Crippen molar-refractivity contribution in [3.05, 3.63) is 76.7 Å². The first-order valence-electron chi connectivity index (χ1n) is 7.80. The molecule has 8 heteroatoms. The van der Waals surface area contributed by atoms with Crippen LogP contribution in [0.4, 0.5) is 5.13 Å². The molecule has 1 N–H and O–H groups in total. The zero-order valence-electron chi connectivity index (χ0n) is 13.7. The van der Waals surface area contributed by atoms with Crippen LogP contribution in [-0.2, 0) is 0 Å². The standard InChI is InChI=1S/C18H13N5O2S/c1-11-15(14(24)12-6-3-2-4-7-12)26-18(21-11)22-17(25)13-10-20-23-9-5-8-19-16(13)23/h2-10H,1H3,(H,21,22,25). The third-order valence-electron chi connectivity index (χ3n) is 3.78. The van der Waals surface area contributed by atoms with Crippen molar-refractivity contribution in [2.24, 2.45) is 0 Å². The topological polar surface area (TPSA) is 89.2 Å². The Labute approximate surface area is 152 Å². The number of hydrogen-bond donors (Lipinski definition) is 1. The molecular weight excluding hydrogens is 350 g/mol. The summed E-state index contributed by atoms with van der Waals surface area (Å²) in [6.07, 6.45) is 4.76. The summed E-state index contributed by atoms with van der Waals surface area (Å²) < 4.78 is 1.52. The molecule has 0 aliphatic carbocycles. The van der Waals surface area contributed by atoms with Crippen molar-refractivity contribution in [1.82, 2.24) is 19.6 Å². The first-order chi connectivity index (χ1) is 12.6. The lowest BCUT2D eigenvalue weighted by molar-refractivity contribution is 0.102. The van der Waals surface area contributed by atoms with Gasteiger partial charge < -0.3 is 0 Å². The Bertz CT molecular complexity index is 1120. The van der Waals surface area contributed by atoms with E-state index in [9.17, 15) is 9.59 Å². The van der Waals surface area contributed by atoms with Gasteiger partial charge in [-0.2, -0.15) is 5.10 Å². The van der Waals surface area contributed by atoms with Gasteiger partial charge in [0, 0.05) is 18.0 Å². The second-order valence-electron chi connectivity index (χ2n) is 5.53. The molecule has 0 radical (unpaired) electrons. The summed E-state index contributed by atoms with van der Waals surface area (Å²) in [4.78, 5) is 34.1. The number of hydrogen-bond acceptors (Lipinski definition) is 6. The van der Waals surface area contributed by atoms with E-state index >= 15 is 0 Å². The van der Waals surface area contributed by atoms with Gasteiger partial charge in [0.15, 0.2) is 10.8 Å². The summed E-state index contributed by atoms with van der Waals surface area (Å²) >= 11 is 1.15. The lowest BCUT2D eigenvalue weighted by Crippen LogP contribution is -2.11. The van der Waals surface area contributed by atoms with Crippen LogP contribution in [-0.4, -0.2) is 31.3 Å². The minimum Gasteiger partial charge on any atom is -0.298 e. The highest BCUT2D eigenvalue weighted by atomic mass is 32.1. The largest absolute Gasteiger partial charge is 0.298 e. The first kappa shape index (κ1) is 16.1. The van der Waals surface area contributed by atoms with Crippen LogP contribution < -0.4 is 5.32 Å². The molecule has 0 spiro atoms. The Hall–Kier alpha value is -3.39. The highest BCUT2D eigenvalue weighted by molar-refractivity contribution is 7.18. The number of aromatic nitrogens is 4. The number of fused-ring (bicyclic) bond motifs is 1. The van der Waals surface area contributed by atoms with Crippen molar-refractivity contribution in [3.63, 3.8) is 0 Å². The fraction of sp³-hybridized carbons (Fsp3) is 0.0556. The molecule has 0 atom stereocenters. The predicted octanol–water partition coefficient (Wildman–Crippen LogP) is 2.98. The van der Waals surface area contributed by atoms with Crippen molar-refractivity contribution in [2.45, 2.75) is 6.92 Å². The minimum absolute atomic E-state index is 0.112. The third kappa shape index (κ3) is 2.86. The van der Waals surface area contributed by atoms with E-state index in [0.29, 0.717) is 32.5 Å². The fourth-order valence-electron chi connectivity index (χ4n) is 2.53. The summed E-state index contributed by atoms with van der Waals surface area (Å²) in [6.45, 7) is 1.75. The number of anilines is 1. The molecule has 0 aliphatic heterocycles. The Balaban J connectivity index is 1.60. The van der Waals surface area contributed by atoms with Crippen LogP contribution in [0.2, 0.25) is 0 Å². The predicted molar refractivity (Wildman–Crippen MR) is 97.7 cm³/mol. The van der Waals surface area contributed by atoms with Gasteiger partial charge in [0.1, 0.15) is 5.56 Å². The van der Waals surface area contributed by atoms with Crippen LogP contribution in [0.5, 0.6) is 0 Å². The number of thiazole rings is 1. The number of ketones is 1. The molecular formula is C18H13N5O2S. The molecule has 7 nitrogen and oxygen atoms in total. The van der Waals surface area contributed by atoms with Gasteiger partial charge in [0.2, 0.25) is 5.78 Å². The summed E-state index contributed by atoms with van der Waals surface area (Å²) in [7, 11) is 0. The molecule has 1 amide bonds. The maximum Gasteiger partial charge on any atom is 0.262 e. The maximum absolute atomic E-state index is 12.6. The van der Waals surface area contributed by atoms with E-state index in [1.165, 1.54) is 10.7 Å². The molecule has 0 aliphatic rings. The van der Waals surface area contributed by atoms with Gasteiger partial charge in [-0.3, -0.25) is 14.9 Å². The highest BCUT2D eigenvalue weighted by Gasteiger charge is 2.20. The van der Waals surface area contributed by atoms with Crippen LogP contribution in [0, 0.1) is 6.92 Å². The van der Waals surface area contributed by atoms with E-state index < -0.39 is 0 Å². The van der Waals surface area contributed by atoms with Gasteiger partial charge in [-0.1, -0.05) is 41.7 Å². The number of amides is 1. The van der Waals surface area contributed by atoms with Crippen LogP contribution in [0.25, 0.3) is 5.65 Å². The quantitative estimate of drug-likeness (QED) is 0.563. The van der Waals surface area contributed by atoms with Crippen LogP contribution in [0.15, 0.2) is 55.0 Å². The molecule has 0 saturated heterocycles. The van der Waals surface area contributed by atoms with E-state index in [4.69, 9.17) is 0 Å². The van der Waals surface area contributed by atoms with Crippen LogP contribution in [0.1, 0.15) is 31.3 Å². The van der Waals surface area contributed by atoms with Gasteiger partial charge in [0.05, 0.1) is 16.8 Å². The number of nitrogens with one attached hydrogen (secondary N) is 1. The second kappa shape index (κ2) is 6.49. The van der Waals surface area contributed by atoms with Crippen LogP contribution >= 0.6 is 11.3 Å². The number of benzene rings is 1. The third-order valence-corrected chi connectivity index (χ3v) is 4.85. The molecule has 3 heterocycles. The van der Waals surface area contributed by atoms with Crippen molar-refractivity contribution >= 4 is 33.8 Å². The van der Waals surface area contributed by atoms with Crippen molar-refractivity contribution in [1.29, 1.82) is 0 Å². The van der Waals surface area contributed by atoms with Crippen molar-refractivity contribution in [2.75, 3.05) is 5.32 Å². The van der Waals surface area contributed by atoms with E-state index in [-0.39, 0.29) is 11.7 Å². The molecule has 4 aromatic rings. The average Bonchev–Trinajstić information content (AvgIpc) is 3.25. The fourth-order valence-corrected chi connectivity index (χ4v) is 3.46. The second-order valence-corrected chi connectivity index (χ2v) is 6.53. The zero-order chi connectivity index (χ0) is 18.1. The summed E-state index contributed by atoms with van der Waals surface area (Å²) in [5.41, 5.74) is 1.97. The molecule has 0 saturated carbocycles. The number of nitrogens with zero attached hydrogens (tertiary/aromatic N) is 4. The highest BCUT2D eigenvalue weighted by Crippen LogP contribution is 2.26. The number of rotatable bonds is 4. The SMILES string of the molecule is Cc1nc(NC(=O)c2cnn3cccnc23)sc1C(=O)c1ccccc1. The van der Waals surface area contributed by atoms with Gasteiger partial charge >= 0.3 is 0 Å². The molecule has 26 heavy (non-hydrogen) atoms. The van der Waals surface area contributed by atoms with Gasteiger partial charge in [0.25, 0.3) is 5.91 Å². The van der Waals surface area contributed by atoms with E-state index in [0.717, 1.165) is 11.3 Å². The van der Waals surface area contributed by atoms with Crippen molar-refractivity contribution < 1.29 is 9.59 Å². The Morgan fingerprint density at radius 2 is 1.96 bits per heavy atom. The number of carbonyl (C=O) groups excluding carboxylic acids is 2. The van der Waals surface area contributed by atoms with E-state index in [2.05, 4.69) is 20.4 Å². The van der Waals surface area contributed by atoms with Crippen LogP contribution in [0.3, 0.4) is 0 Å². The molecule has 1 aromatic carbocycles. The molecule has 4 rings (SSSR count). The number of aryl methyl sites for hydroxylation is 1. The number of carbonyl (C=O) groups is 2. The zero-order valence-corrected chi connectivity index (χ0v) is 14.5. The Morgan fingerprint density at radius 3 is 2.77 bits per heavy atom. The van der Waals surface area contributed by atoms with Gasteiger partial charge in [-0.05, 0) is 13.0 Å². The van der Waals surface area contributed by atoms with E-state index in [1.807, 2.05) is 18.2 Å². The summed E-state index contributed by atoms with van der Waals surface area (Å²) in [6, 6.07) is 10.7. The monoisotopic (exact) mass is 363 g/mol. The summed E-state index contributed by atoms with van der Waals surface area (Å²) in [5, 5.41) is 7.18. The summed E-state index contributed by atoms with van der Waals surface area (Å²) in [5.74, 6) is -0.482. The Morgan fingerprint density at radius 1 is 1.15 bits per heavy atom. The lowest BCUT2D eigenvalue weighted by Gasteiger charge is -1.99. The first-order valence-corrected chi connectivity index (χ1v) is 8.62. The molecule has 3 aromatic heterocycles. The van der Waals surface area contributed by atoms with Gasteiger partial charge in [-0.15, -0.1) is 0 Å². The smallest absolute Gasteiger partial charge is 0.262 e. The molecule has 128 valence electrons. The normalized spacial score (nSPS) is 10.8. The average molecular weight is 363 g/mol. The minimum atomic E-state index is -0.369. The maximum atomic E-state index is 12.6. The molecule has 0 fully saturated rings. The van der Waals surface area contributed by atoms with Gasteiger partial charge in [-0.25, -0.2) is 14.5 Å².